The number of hydroxylamine groups is 1. The summed E-state index contributed by atoms with van der Waals surface area (Å²) in [5.74, 6) is 0. The molecule has 0 aliphatic rings. The highest BCUT2D eigenvalue weighted by atomic mass is 16.7. The van der Waals surface area contributed by atoms with Gasteiger partial charge in [0.05, 0.1) is 12.6 Å². The fraction of sp³-hybridized carbons (Fsp3) is 0.235. The van der Waals surface area contributed by atoms with Crippen molar-refractivity contribution in [3.05, 3.63) is 71.8 Å². The first-order chi connectivity index (χ1) is 10.8. The molecule has 3 N–H and O–H groups in total. The molecule has 0 saturated heterocycles. The number of rotatable bonds is 7. The summed E-state index contributed by atoms with van der Waals surface area (Å²) in [4.78, 5) is 17.0. The van der Waals surface area contributed by atoms with E-state index in [0.717, 1.165) is 11.1 Å². The van der Waals surface area contributed by atoms with E-state index in [1.54, 1.807) is 0 Å². The van der Waals surface area contributed by atoms with Crippen molar-refractivity contribution in [2.24, 2.45) is 0 Å². The normalized spacial score (nSPS) is 11.7. The Kier molecular flexibility index (Phi) is 6.41. The number of amides is 2. The topological polar surface area (TPSA) is 70.6 Å². The van der Waals surface area contributed by atoms with Crippen LogP contribution in [0.1, 0.15) is 23.6 Å². The van der Waals surface area contributed by atoms with Gasteiger partial charge in [-0.15, -0.1) is 0 Å². The van der Waals surface area contributed by atoms with Gasteiger partial charge in [-0.3, -0.25) is 4.84 Å². The summed E-state index contributed by atoms with van der Waals surface area (Å²) in [6.45, 7) is 0.287. The Morgan fingerprint density at radius 3 is 2.32 bits per heavy atom. The number of hydrogen-bond acceptors (Lipinski definition) is 3. The third kappa shape index (κ3) is 5.20. The monoisotopic (exact) mass is 300 g/mol. The van der Waals surface area contributed by atoms with Crippen LogP contribution in [0.25, 0.3) is 0 Å². The van der Waals surface area contributed by atoms with Crippen LogP contribution in [-0.4, -0.2) is 17.7 Å². The van der Waals surface area contributed by atoms with E-state index in [-0.39, 0.29) is 12.6 Å². The van der Waals surface area contributed by atoms with Gasteiger partial charge in [0.2, 0.25) is 0 Å². The van der Waals surface area contributed by atoms with Crippen LogP contribution in [0.3, 0.4) is 0 Å². The number of carbonyl (C=O) groups excluding carboxylic acids is 1. The number of aliphatic hydroxyl groups excluding tert-OH is 1. The van der Waals surface area contributed by atoms with Gasteiger partial charge < -0.3 is 10.4 Å². The molecule has 2 aromatic carbocycles. The molecule has 0 unspecified atom stereocenters. The molecule has 2 amide bonds. The molecule has 0 radical (unpaired) electrons. The van der Waals surface area contributed by atoms with Gasteiger partial charge in [0, 0.05) is 6.61 Å². The number of carbonyl (C=O) groups is 1. The average Bonchev–Trinajstić information content (AvgIpc) is 2.56. The van der Waals surface area contributed by atoms with E-state index in [9.17, 15) is 4.79 Å². The van der Waals surface area contributed by atoms with E-state index in [4.69, 9.17) is 9.94 Å². The summed E-state index contributed by atoms with van der Waals surface area (Å²) in [6.07, 6.45) is 0.441. The van der Waals surface area contributed by atoms with Gasteiger partial charge in [-0.2, -0.15) is 0 Å². The van der Waals surface area contributed by atoms with Gasteiger partial charge in [0.25, 0.3) is 0 Å². The second-order valence-electron chi connectivity index (χ2n) is 4.83. The molecule has 0 saturated carbocycles. The molecule has 2 rings (SSSR count). The minimum Gasteiger partial charge on any atom is -0.396 e. The van der Waals surface area contributed by atoms with Crippen molar-refractivity contribution < 1.29 is 14.7 Å². The summed E-state index contributed by atoms with van der Waals surface area (Å²) in [7, 11) is 0. The molecule has 116 valence electrons. The zero-order chi connectivity index (χ0) is 15.6. The lowest BCUT2D eigenvalue weighted by atomic mass is 10.0. The van der Waals surface area contributed by atoms with Crippen LogP contribution in [0.5, 0.6) is 0 Å². The van der Waals surface area contributed by atoms with Crippen molar-refractivity contribution >= 4 is 6.03 Å². The number of nitrogens with one attached hydrogen (secondary N) is 2. The van der Waals surface area contributed by atoms with E-state index in [2.05, 4.69) is 10.8 Å². The highest BCUT2D eigenvalue weighted by molar-refractivity contribution is 5.73. The molecule has 2 aromatic rings. The predicted octanol–water partition coefficient (Wildman–Crippen LogP) is 2.54. The maximum atomic E-state index is 11.9. The minimum absolute atomic E-state index is 0.00921. The van der Waals surface area contributed by atoms with Gasteiger partial charge in [-0.1, -0.05) is 60.7 Å². The summed E-state index contributed by atoms with van der Waals surface area (Å²) in [5.41, 5.74) is 4.27. The molecule has 1 atom stereocenters. The Morgan fingerprint density at radius 2 is 1.68 bits per heavy atom. The maximum Gasteiger partial charge on any atom is 0.339 e. The molecule has 0 aromatic heterocycles. The highest BCUT2D eigenvalue weighted by Gasteiger charge is 2.13. The molecule has 0 aliphatic carbocycles. The number of aliphatic hydroxyl groups is 1. The first kappa shape index (κ1) is 16.0. The summed E-state index contributed by atoms with van der Waals surface area (Å²) < 4.78 is 0. The summed E-state index contributed by atoms with van der Waals surface area (Å²) >= 11 is 0. The Hall–Kier alpha value is -2.37. The highest BCUT2D eigenvalue weighted by Crippen LogP contribution is 2.15. The third-order valence-electron chi connectivity index (χ3n) is 3.17. The van der Waals surface area contributed by atoms with Crippen LogP contribution in [0, 0.1) is 0 Å². The minimum atomic E-state index is -0.432. The van der Waals surface area contributed by atoms with Crippen molar-refractivity contribution in [1.82, 2.24) is 10.8 Å². The Bertz CT molecular complexity index is 561. The van der Waals surface area contributed by atoms with Gasteiger partial charge in [0.15, 0.2) is 0 Å². The second kappa shape index (κ2) is 8.81. The van der Waals surface area contributed by atoms with Crippen LogP contribution in [0.2, 0.25) is 0 Å². The number of urea groups is 1. The van der Waals surface area contributed by atoms with Crippen LogP contribution < -0.4 is 10.8 Å². The van der Waals surface area contributed by atoms with E-state index in [0.29, 0.717) is 13.0 Å². The van der Waals surface area contributed by atoms with E-state index >= 15 is 0 Å². The van der Waals surface area contributed by atoms with E-state index < -0.39 is 6.03 Å². The zero-order valence-corrected chi connectivity index (χ0v) is 12.2. The Morgan fingerprint density at radius 1 is 1.05 bits per heavy atom. The molecule has 5 nitrogen and oxygen atoms in total. The fourth-order valence-corrected chi connectivity index (χ4v) is 2.08. The fourth-order valence-electron chi connectivity index (χ4n) is 2.08. The molecular formula is C17H20N2O3. The van der Waals surface area contributed by atoms with Crippen LogP contribution in [0.4, 0.5) is 4.79 Å². The molecule has 0 heterocycles. The van der Waals surface area contributed by atoms with Crippen molar-refractivity contribution in [2.75, 3.05) is 6.61 Å². The maximum absolute atomic E-state index is 11.9. The Labute approximate surface area is 129 Å². The quantitative estimate of drug-likeness (QED) is 0.688. The molecule has 5 heteroatoms. The largest absolute Gasteiger partial charge is 0.396 e. The van der Waals surface area contributed by atoms with Gasteiger partial charge in [-0.25, -0.2) is 10.3 Å². The number of hydrogen-bond donors (Lipinski definition) is 3. The predicted molar refractivity (Wildman–Crippen MR) is 83.8 cm³/mol. The Balaban J connectivity index is 1.81. The molecule has 22 heavy (non-hydrogen) atoms. The van der Waals surface area contributed by atoms with Crippen molar-refractivity contribution in [1.29, 1.82) is 0 Å². The van der Waals surface area contributed by atoms with Crippen molar-refractivity contribution in [2.45, 2.75) is 19.1 Å². The lowest BCUT2D eigenvalue weighted by Crippen LogP contribution is -2.38. The lowest BCUT2D eigenvalue weighted by molar-refractivity contribution is 0.0478. The average molecular weight is 300 g/mol. The van der Waals surface area contributed by atoms with Gasteiger partial charge in [0.1, 0.15) is 0 Å². The zero-order valence-electron chi connectivity index (χ0n) is 12.2. The van der Waals surface area contributed by atoms with Gasteiger partial charge >= 0.3 is 6.03 Å². The van der Waals surface area contributed by atoms with E-state index in [1.807, 2.05) is 60.7 Å². The van der Waals surface area contributed by atoms with Crippen LogP contribution in [-0.2, 0) is 11.4 Å². The first-order valence-electron chi connectivity index (χ1n) is 7.17. The molecule has 0 fully saturated rings. The number of benzene rings is 2. The first-order valence-corrected chi connectivity index (χ1v) is 7.17. The summed E-state index contributed by atoms with van der Waals surface area (Å²) in [6, 6.07) is 18.4. The molecular weight excluding hydrogens is 280 g/mol. The third-order valence-corrected chi connectivity index (χ3v) is 3.17. The standard InChI is InChI=1S/C17H20N2O3/c20-12-11-16(15-9-5-2-6-10-15)18-17(21)19-22-13-14-7-3-1-4-8-14/h1-10,16,20H,11-13H2,(H2,18,19,21)/t16-/m1/s1. The second-order valence-corrected chi connectivity index (χ2v) is 4.83. The van der Waals surface area contributed by atoms with E-state index in [1.165, 1.54) is 0 Å². The van der Waals surface area contributed by atoms with Crippen molar-refractivity contribution in [3.8, 4) is 0 Å². The summed E-state index contributed by atoms with van der Waals surface area (Å²) in [5, 5.41) is 11.9. The van der Waals surface area contributed by atoms with Crippen molar-refractivity contribution in [3.63, 3.8) is 0 Å². The molecule has 0 spiro atoms. The van der Waals surface area contributed by atoms with Gasteiger partial charge in [-0.05, 0) is 17.5 Å². The lowest BCUT2D eigenvalue weighted by Gasteiger charge is -2.18. The SMILES string of the molecule is O=C(NOCc1ccccc1)N[C@H](CCO)c1ccccc1. The molecule has 0 aliphatic heterocycles. The van der Waals surface area contributed by atoms with Crippen LogP contribution in [0.15, 0.2) is 60.7 Å². The smallest absolute Gasteiger partial charge is 0.339 e. The molecule has 0 bridgehead atoms. The van der Waals surface area contributed by atoms with Crippen LogP contribution >= 0.6 is 0 Å².